The lowest BCUT2D eigenvalue weighted by Gasteiger charge is -2.30. The zero-order chi connectivity index (χ0) is 11.4. The first-order valence-electron chi connectivity index (χ1n) is 6.37. The molecule has 1 unspecified atom stereocenters. The van der Waals surface area contributed by atoms with E-state index in [0.29, 0.717) is 0 Å². The number of nitrogens with one attached hydrogen (secondary N) is 1. The molecule has 2 fully saturated rings. The summed E-state index contributed by atoms with van der Waals surface area (Å²) in [5, 5.41) is 13.0. The van der Waals surface area contributed by atoms with Crippen molar-refractivity contribution in [3.8, 4) is 0 Å². The van der Waals surface area contributed by atoms with Crippen molar-refractivity contribution in [2.45, 2.75) is 62.3 Å². The molecular formula is C12H21NO2S. The monoisotopic (exact) mass is 243 g/mol. The normalized spacial score (nSPS) is 35.7. The van der Waals surface area contributed by atoms with Crippen LogP contribution in [0.25, 0.3) is 0 Å². The Labute approximate surface area is 101 Å². The van der Waals surface area contributed by atoms with Gasteiger partial charge in [-0.25, -0.2) is 0 Å². The Balaban J connectivity index is 1.80. The third kappa shape index (κ3) is 3.14. The van der Waals surface area contributed by atoms with Gasteiger partial charge in [0.05, 0.1) is 17.4 Å². The molecule has 4 heteroatoms. The maximum absolute atomic E-state index is 12.0. The molecule has 0 spiro atoms. The zero-order valence-corrected chi connectivity index (χ0v) is 10.5. The minimum Gasteiger partial charge on any atom is -0.391 e. The molecule has 2 N–H and O–H groups in total. The zero-order valence-electron chi connectivity index (χ0n) is 9.65. The summed E-state index contributed by atoms with van der Waals surface area (Å²) in [7, 11) is 0. The number of aliphatic hydroxyl groups excluding tert-OH is 1. The van der Waals surface area contributed by atoms with E-state index in [1.54, 1.807) is 11.8 Å². The summed E-state index contributed by atoms with van der Waals surface area (Å²) >= 11 is 1.77. The molecule has 0 aromatic rings. The van der Waals surface area contributed by atoms with Gasteiger partial charge in [0, 0.05) is 0 Å². The van der Waals surface area contributed by atoms with Crippen LogP contribution in [0.2, 0.25) is 0 Å². The highest BCUT2D eigenvalue weighted by molar-refractivity contribution is 8.00. The number of amides is 1. The molecule has 1 aliphatic carbocycles. The summed E-state index contributed by atoms with van der Waals surface area (Å²) < 4.78 is 0. The molecule has 2 rings (SSSR count). The molecule has 0 aromatic carbocycles. The van der Waals surface area contributed by atoms with Crippen molar-refractivity contribution in [3.63, 3.8) is 0 Å². The molecule has 2 aliphatic rings. The molecule has 3 nitrogen and oxygen atoms in total. The van der Waals surface area contributed by atoms with Crippen LogP contribution < -0.4 is 5.32 Å². The molecule has 16 heavy (non-hydrogen) atoms. The van der Waals surface area contributed by atoms with Crippen molar-refractivity contribution in [2.24, 2.45) is 0 Å². The SMILES string of the molecule is O=C(N[C@H]1CCCC[C@@H]1O)C1CCCCS1. The van der Waals surface area contributed by atoms with Gasteiger partial charge in [-0.3, -0.25) is 4.79 Å². The number of hydrogen-bond donors (Lipinski definition) is 2. The Morgan fingerprint density at radius 3 is 2.56 bits per heavy atom. The van der Waals surface area contributed by atoms with Gasteiger partial charge >= 0.3 is 0 Å². The third-order valence-corrected chi connectivity index (χ3v) is 4.91. The lowest BCUT2D eigenvalue weighted by atomic mass is 9.92. The third-order valence-electron chi connectivity index (χ3n) is 3.53. The van der Waals surface area contributed by atoms with Crippen LogP contribution in [0.4, 0.5) is 0 Å². The van der Waals surface area contributed by atoms with Gasteiger partial charge in [-0.05, 0) is 31.4 Å². The Hall–Kier alpha value is -0.220. The first-order chi connectivity index (χ1) is 7.77. The fourth-order valence-corrected chi connectivity index (χ4v) is 3.71. The van der Waals surface area contributed by atoms with Crippen molar-refractivity contribution in [1.29, 1.82) is 0 Å². The van der Waals surface area contributed by atoms with Crippen molar-refractivity contribution >= 4 is 17.7 Å². The molecule has 1 aliphatic heterocycles. The molecule has 3 atom stereocenters. The maximum atomic E-state index is 12.0. The highest BCUT2D eigenvalue weighted by Crippen LogP contribution is 2.26. The van der Waals surface area contributed by atoms with Crippen LogP contribution in [0.3, 0.4) is 0 Å². The molecule has 1 amide bonds. The van der Waals surface area contributed by atoms with Crippen LogP contribution in [0.1, 0.15) is 44.9 Å². The summed E-state index contributed by atoms with van der Waals surface area (Å²) in [5.74, 6) is 1.25. The van der Waals surface area contributed by atoms with Gasteiger partial charge in [-0.1, -0.05) is 19.3 Å². The average Bonchev–Trinajstić information content (AvgIpc) is 2.33. The van der Waals surface area contributed by atoms with Crippen LogP contribution in [0.5, 0.6) is 0 Å². The van der Waals surface area contributed by atoms with Crippen molar-refractivity contribution in [1.82, 2.24) is 5.32 Å². The quantitative estimate of drug-likeness (QED) is 0.776. The van der Waals surface area contributed by atoms with E-state index < -0.39 is 0 Å². The predicted octanol–water partition coefficient (Wildman–Crippen LogP) is 1.69. The van der Waals surface area contributed by atoms with Gasteiger partial charge in [0.15, 0.2) is 0 Å². The molecule has 0 aromatic heterocycles. The van der Waals surface area contributed by atoms with Crippen molar-refractivity contribution in [2.75, 3.05) is 5.75 Å². The molecule has 1 saturated carbocycles. The Morgan fingerprint density at radius 2 is 1.88 bits per heavy atom. The van der Waals surface area contributed by atoms with Crippen LogP contribution in [0.15, 0.2) is 0 Å². The fourth-order valence-electron chi connectivity index (χ4n) is 2.50. The van der Waals surface area contributed by atoms with Crippen LogP contribution >= 0.6 is 11.8 Å². The van der Waals surface area contributed by atoms with Gasteiger partial charge in [0.25, 0.3) is 0 Å². The lowest BCUT2D eigenvalue weighted by Crippen LogP contribution is -2.48. The summed E-state index contributed by atoms with van der Waals surface area (Å²) in [6.45, 7) is 0. The summed E-state index contributed by atoms with van der Waals surface area (Å²) in [6, 6.07) is 0.00350. The molecule has 1 saturated heterocycles. The van der Waals surface area contributed by atoms with E-state index in [9.17, 15) is 9.90 Å². The van der Waals surface area contributed by atoms with E-state index in [1.807, 2.05) is 0 Å². The van der Waals surface area contributed by atoms with Crippen molar-refractivity contribution in [3.05, 3.63) is 0 Å². The Kier molecular flexibility index (Phi) is 4.53. The number of hydrogen-bond acceptors (Lipinski definition) is 3. The second kappa shape index (κ2) is 5.92. The van der Waals surface area contributed by atoms with Gasteiger partial charge in [0.2, 0.25) is 5.91 Å². The number of carbonyl (C=O) groups is 1. The standard InChI is InChI=1S/C12H21NO2S/c14-10-6-2-1-5-9(10)13-12(15)11-7-3-4-8-16-11/h9-11,14H,1-8H2,(H,13,15)/t9-,10-,11?/m0/s1. The number of aliphatic hydroxyl groups is 1. The van der Waals surface area contributed by atoms with E-state index in [1.165, 1.54) is 6.42 Å². The van der Waals surface area contributed by atoms with Gasteiger partial charge in [-0.15, -0.1) is 11.8 Å². The molecule has 1 heterocycles. The minimum absolute atomic E-state index is 0.00350. The average molecular weight is 243 g/mol. The van der Waals surface area contributed by atoms with Crippen molar-refractivity contribution < 1.29 is 9.90 Å². The minimum atomic E-state index is -0.328. The van der Waals surface area contributed by atoms with Crippen LogP contribution in [-0.2, 0) is 4.79 Å². The second-order valence-electron chi connectivity index (χ2n) is 4.82. The summed E-state index contributed by atoms with van der Waals surface area (Å²) in [5.41, 5.74) is 0. The van der Waals surface area contributed by atoms with E-state index >= 15 is 0 Å². The molecule has 0 radical (unpaired) electrons. The maximum Gasteiger partial charge on any atom is 0.233 e. The van der Waals surface area contributed by atoms with Gasteiger partial charge in [-0.2, -0.15) is 0 Å². The van der Waals surface area contributed by atoms with E-state index in [4.69, 9.17) is 0 Å². The Bertz CT molecular complexity index is 241. The number of rotatable bonds is 2. The second-order valence-corrected chi connectivity index (χ2v) is 6.13. The van der Waals surface area contributed by atoms with Gasteiger partial charge < -0.3 is 10.4 Å². The number of thioether (sulfide) groups is 1. The van der Waals surface area contributed by atoms with Crippen LogP contribution in [0, 0.1) is 0 Å². The van der Waals surface area contributed by atoms with E-state index in [2.05, 4.69) is 5.32 Å². The van der Waals surface area contributed by atoms with E-state index in [0.717, 1.165) is 44.3 Å². The topological polar surface area (TPSA) is 49.3 Å². The highest BCUT2D eigenvalue weighted by atomic mass is 32.2. The fraction of sp³-hybridized carbons (Fsp3) is 0.917. The summed E-state index contributed by atoms with van der Waals surface area (Å²) in [4.78, 5) is 12.0. The Morgan fingerprint density at radius 1 is 1.12 bits per heavy atom. The number of carbonyl (C=O) groups excluding carboxylic acids is 1. The van der Waals surface area contributed by atoms with Crippen LogP contribution in [-0.4, -0.2) is 34.2 Å². The molecule has 92 valence electrons. The smallest absolute Gasteiger partial charge is 0.233 e. The largest absolute Gasteiger partial charge is 0.391 e. The lowest BCUT2D eigenvalue weighted by molar-refractivity contribution is -0.122. The first kappa shape index (κ1) is 12.2. The van der Waals surface area contributed by atoms with Gasteiger partial charge in [0.1, 0.15) is 0 Å². The molecular weight excluding hydrogens is 222 g/mol. The highest BCUT2D eigenvalue weighted by Gasteiger charge is 2.28. The predicted molar refractivity (Wildman–Crippen MR) is 66.5 cm³/mol. The van der Waals surface area contributed by atoms with E-state index in [-0.39, 0.29) is 23.3 Å². The summed E-state index contributed by atoms with van der Waals surface area (Å²) in [6.07, 6.45) is 7.06. The first-order valence-corrected chi connectivity index (χ1v) is 7.42. The molecule has 0 bridgehead atoms.